The quantitative estimate of drug-likeness (QED) is 0.419. The van der Waals surface area contributed by atoms with Gasteiger partial charge in [0, 0.05) is 24.7 Å². The summed E-state index contributed by atoms with van der Waals surface area (Å²) in [6.45, 7) is 12.3. The van der Waals surface area contributed by atoms with Gasteiger partial charge in [-0.25, -0.2) is 4.79 Å². The molecule has 0 radical (unpaired) electrons. The number of likely N-dealkylation sites (tertiary alicyclic amines) is 1. The highest BCUT2D eigenvalue weighted by Crippen LogP contribution is 2.48. The first kappa shape index (κ1) is 26.8. The van der Waals surface area contributed by atoms with E-state index in [1.165, 1.54) is 0 Å². The molecule has 1 unspecified atom stereocenters. The molecule has 6 nitrogen and oxygen atoms in total. The van der Waals surface area contributed by atoms with Crippen molar-refractivity contribution in [1.82, 2.24) is 9.88 Å². The highest BCUT2D eigenvalue weighted by molar-refractivity contribution is 6.48. The zero-order chi connectivity index (χ0) is 25.1. The maximum atomic E-state index is 11.6. The molecule has 3 rings (SSSR count). The van der Waals surface area contributed by atoms with Crippen molar-refractivity contribution in [3.8, 4) is 5.75 Å². The summed E-state index contributed by atoms with van der Waals surface area (Å²) in [5.74, 6) is 0.790. The Bertz CT molecular complexity index is 1000. The Balaban J connectivity index is 1.88. The molecule has 2 heterocycles. The third-order valence-electron chi connectivity index (χ3n) is 7.02. The van der Waals surface area contributed by atoms with Crippen LogP contribution in [-0.4, -0.2) is 56.4 Å². The number of methoxy groups -OCH3 is 1. The minimum absolute atomic E-state index is 0.0307. The summed E-state index contributed by atoms with van der Waals surface area (Å²) in [7, 11) is 0.367. The summed E-state index contributed by atoms with van der Waals surface area (Å²) in [5.41, 5.74) is 1.91. The number of hydrogen-bond acceptors (Lipinski definition) is 4. The fourth-order valence-corrected chi connectivity index (χ4v) is 7.01. The van der Waals surface area contributed by atoms with Gasteiger partial charge in [0.25, 0.3) is 0 Å². The molecule has 1 aromatic carbocycles. The Morgan fingerprint density at radius 3 is 2.53 bits per heavy atom. The van der Waals surface area contributed by atoms with Crippen molar-refractivity contribution in [1.29, 1.82) is 0 Å². The Kier molecular flexibility index (Phi) is 8.53. The van der Waals surface area contributed by atoms with Crippen LogP contribution in [0.2, 0.25) is 18.1 Å². The van der Waals surface area contributed by atoms with Crippen molar-refractivity contribution in [3.63, 3.8) is 0 Å². The first-order valence-corrected chi connectivity index (χ1v) is 15.4. The summed E-state index contributed by atoms with van der Waals surface area (Å²) in [5, 5.41) is 11.2. The number of piperidine rings is 1. The number of carbonyl (C=O) groups is 1. The Morgan fingerprint density at radius 2 is 1.97 bits per heavy atom. The van der Waals surface area contributed by atoms with E-state index in [9.17, 15) is 9.90 Å². The van der Waals surface area contributed by atoms with E-state index in [1.54, 1.807) is 18.2 Å². The van der Waals surface area contributed by atoms with E-state index in [0.717, 1.165) is 54.3 Å². The summed E-state index contributed by atoms with van der Waals surface area (Å²) in [6.07, 6.45) is 5.37. The topological polar surface area (TPSA) is 71.9 Å². The van der Waals surface area contributed by atoms with E-state index < -0.39 is 15.1 Å². The third kappa shape index (κ3) is 6.04. The molecule has 1 fully saturated rings. The number of hydrogen-bond donors (Lipinski definition) is 1. The van der Waals surface area contributed by atoms with Crippen LogP contribution < -0.4 is 4.74 Å². The average Bonchev–Trinajstić information content (AvgIpc) is 2.78. The van der Waals surface area contributed by atoms with Crippen LogP contribution in [0.15, 0.2) is 24.4 Å². The van der Waals surface area contributed by atoms with E-state index in [1.807, 2.05) is 18.2 Å². The molecule has 1 atom stereocenters. The van der Waals surface area contributed by atoms with Crippen LogP contribution in [0, 0.1) is 10.8 Å². The number of nitrogens with zero attached hydrogens (tertiary/aromatic N) is 2. The summed E-state index contributed by atoms with van der Waals surface area (Å²) < 4.78 is 12.1. The van der Waals surface area contributed by atoms with Gasteiger partial charge < -0.3 is 19.2 Å². The van der Waals surface area contributed by atoms with Gasteiger partial charge in [0.2, 0.25) is 0 Å². The molecular weight excluding hydrogens is 468 g/mol. The number of aromatic nitrogens is 1. The van der Waals surface area contributed by atoms with Gasteiger partial charge in [-0.3, -0.25) is 4.98 Å². The van der Waals surface area contributed by atoms with Gasteiger partial charge in [-0.1, -0.05) is 32.4 Å². The SMILES string of the molecule is COc1ccc2ncc(Cl)c(CCCC3(C(O[SiH](C)C)C(C)(C)C)CCN(C(=O)O)CC3)c2c1. The van der Waals surface area contributed by atoms with E-state index >= 15 is 0 Å². The average molecular weight is 507 g/mol. The molecule has 8 heteroatoms. The fraction of sp³-hybridized carbons (Fsp3) is 0.615. The number of carboxylic acid groups (broad SMARTS) is 1. The number of pyridine rings is 1. The van der Waals surface area contributed by atoms with Gasteiger partial charge in [0.15, 0.2) is 9.04 Å². The molecule has 188 valence electrons. The second-order valence-corrected chi connectivity index (χ2v) is 13.7. The van der Waals surface area contributed by atoms with Crippen LogP contribution in [0.3, 0.4) is 0 Å². The minimum atomic E-state index is -1.30. The van der Waals surface area contributed by atoms with Crippen molar-refractivity contribution >= 4 is 37.6 Å². The molecule has 1 saturated heterocycles. The first-order chi connectivity index (χ1) is 16.0. The molecular formula is C26H39ClN2O4Si. The zero-order valence-electron chi connectivity index (χ0n) is 21.4. The van der Waals surface area contributed by atoms with Crippen molar-refractivity contribution in [2.45, 2.75) is 72.1 Å². The molecule has 0 spiro atoms. The van der Waals surface area contributed by atoms with Crippen molar-refractivity contribution in [2.24, 2.45) is 10.8 Å². The molecule has 34 heavy (non-hydrogen) atoms. The number of halogens is 1. The highest BCUT2D eigenvalue weighted by Gasteiger charge is 2.47. The number of aryl methyl sites for hydroxylation is 1. The third-order valence-corrected chi connectivity index (χ3v) is 8.16. The number of benzene rings is 1. The van der Waals surface area contributed by atoms with Crippen molar-refractivity contribution in [2.75, 3.05) is 20.2 Å². The molecule has 0 saturated carbocycles. The molecule has 1 aromatic heterocycles. The maximum Gasteiger partial charge on any atom is 0.407 e. The van der Waals surface area contributed by atoms with Crippen molar-refractivity contribution < 1.29 is 19.1 Å². The monoisotopic (exact) mass is 506 g/mol. The standard InChI is InChI=1S/C26H39ClN2O4Si/c1-25(2,3)23(33-34(5)6)26(12-14-29(15-13-26)24(30)31)11-7-8-19-20-16-18(32-4)9-10-22(20)28-17-21(19)27/h9-10,16-17,23,34H,7-8,11-15H2,1-6H3,(H,30,31). The lowest BCUT2D eigenvalue weighted by atomic mass is 9.63. The lowest BCUT2D eigenvalue weighted by molar-refractivity contribution is -0.0690. The molecule has 0 aliphatic carbocycles. The van der Waals surface area contributed by atoms with Gasteiger partial charge in [-0.15, -0.1) is 0 Å². The summed E-state index contributed by atoms with van der Waals surface area (Å²) in [4.78, 5) is 17.6. The fourth-order valence-electron chi connectivity index (χ4n) is 5.53. The van der Waals surface area contributed by atoms with Gasteiger partial charge in [-0.2, -0.15) is 0 Å². The van der Waals surface area contributed by atoms with E-state index in [4.69, 9.17) is 20.8 Å². The number of rotatable bonds is 8. The highest BCUT2D eigenvalue weighted by atomic mass is 35.5. The van der Waals surface area contributed by atoms with Gasteiger partial charge in [0.05, 0.1) is 23.8 Å². The van der Waals surface area contributed by atoms with Crippen LogP contribution in [0.1, 0.15) is 52.0 Å². The lowest BCUT2D eigenvalue weighted by Gasteiger charge is -2.51. The molecule has 1 amide bonds. The summed E-state index contributed by atoms with van der Waals surface area (Å²) >= 11 is 6.62. The van der Waals surface area contributed by atoms with Crippen molar-refractivity contribution in [3.05, 3.63) is 35.0 Å². The van der Waals surface area contributed by atoms with Gasteiger partial charge in [0.1, 0.15) is 5.75 Å². The van der Waals surface area contributed by atoms with Gasteiger partial charge in [-0.05, 0) is 79.8 Å². The van der Waals surface area contributed by atoms with E-state index in [2.05, 4.69) is 38.8 Å². The Hall–Kier alpha value is -1.83. The van der Waals surface area contributed by atoms with Crippen LogP contribution in [0.25, 0.3) is 10.9 Å². The Labute approximate surface area is 210 Å². The van der Waals surface area contributed by atoms with E-state index in [0.29, 0.717) is 18.1 Å². The lowest BCUT2D eigenvalue weighted by Crippen LogP contribution is -2.53. The van der Waals surface area contributed by atoms with Crippen LogP contribution in [-0.2, 0) is 10.8 Å². The predicted molar refractivity (Wildman–Crippen MR) is 141 cm³/mol. The Morgan fingerprint density at radius 1 is 1.29 bits per heavy atom. The number of amides is 1. The van der Waals surface area contributed by atoms with Gasteiger partial charge >= 0.3 is 6.09 Å². The second kappa shape index (κ2) is 10.8. The minimum Gasteiger partial charge on any atom is -0.497 e. The number of ether oxygens (including phenoxy) is 1. The maximum absolute atomic E-state index is 11.6. The van der Waals surface area contributed by atoms with E-state index in [-0.39, 0.29) is 16.9 Å². The zero-order valence-corrected chi connectivity index (χ0v) is 23.3. The van der Waals surface area contributed by atoms with Crippen LogP contribution in [0.5, 0.6) is 5.75 Å². The number of fused-ring (bicyclic) bond motifs is 1. The van der Waals surface area contributed by atoms with Crippen LogP contribution in [0.4, 0.5) is 4.79 Å². The predicted octanol–water partition coefficient (Wildman–Crippen LogP) is 6.39. The largest absolute Gasteiger partial charge is 0.497 e. The molecule has 1 aliphatic heterocycles. The molecule has 1 N–H and O–H groups in total. The van der Waals surface area contributed by atoms with Crippen LogP contribution >= 0.6 is 11.6 Å². The molecule has 2 aromatic rings. The second-order valence-electron chi connectivity index (χ2n) is 10.9. The smallest absolute Gasteiger partial charge is 0.407 e. The summed E-state index contributed by atoms with van der Waals surface area (Å²) in [6, 6.07) is 5.89. The first-order valence-electron chi connectivity index (χ1n) is 12.2. The molecule has 0 bridgehead atoms. The normalized spacial score (nSPS) is 17.2. The molecule has 1 aliphatic rings.